The minimum Gasteiger partial charge on any atom is -0.382 e. The molecule has 1 aliphatic heterocycles. The Balaban J connectivity index is 1.63. The van der Waals surface area contributed by atoms with Crippen LogP contribution in [-0.4, -0.2) is 28.6 Å². The van der Waals surface area contributed by atoms with Crippen molar-refractivity contribution in [3.8, 4) is 11.3 Å². The lowest BCUT2D eigenvalue weighted by Crippen LogP contribution is -2.48. The number of benzene rings is 2. The third-order valence-electron chi connectivity index (χ3n) is 5.04. The second-order valence-electron chi connectivity index (χ2n) is 7.17. The summed E-state index contributed by atoms with van der Waals surface area (Å²) in [6.45, 7) is 3.88. The zero-order valence-electron chi connectivity index (χ0n) is 14.4. The van der Waals surface area contributed by atoms with Gasteiger partial charge in [0.05, 0.1) is 6.20 Å². The number of piperidine rings is 1. The summed E-state index contributed by atoms with van der Waals surface area (Å²) >= 11 is 0. The van der Waals surface area contributed by atoms with Crippen molar-refractivity contribution in [3.63, 3.8) is 0 Å². The molecule has 1 saturated heterocycles. The molecule has 25 heavy (non-hydrogen) atoms. The van der Waals surface area contributed by atoms with Crippen LogP contribution in [0, 0.1) is 0 Å². The van der Waals surface area contributed by atoms with Gasteiger partial charge in [0.2, 0.25) is 0 Å². The van der Waals surface area contributed by atoms with Gasteiger partial charge >= 0.3 is 0 Å². The highest BCUT2D eigenvalue weighted by Gasteiger charge is 2.26. The van der Waals surface area contributed by atoms with Gasteiger partial charge in [-0.15, -0.1) is 0 Å². The zero-order valence-corrected chi connectivity index (χ0v) is 14.4. The summed E-state index contributed by atoms with van der Waals surface area (Å²) in [4.78, 5) is 11.4. The Hall–Kier alpha value is -2.66. The molecule has 0 aliphatic carbocycles. The van der Waals surface area contributed by atoms with Crippen LogP contribution in [0.15, 0.2) is 48.7 Å². The molecule has 1 aromatic heterocycles. The molecule has 1 aliphatic rings. The van der Waals surface area contributed by atoms with Gasteiger partial charge < -0.3 is 16.4 Å². The van der Waals surface area contributed by atoms with Crippen molar-refractivity contribution in [1.82, 2.24) is 9.97 Å². The summed E-state index contributed by atoms with van der Waals surface area (Å²) < 4.78 is 0. The fraction of sp³-hybridized carbons (Fsp3) is 0.300. The maximum Gasteiger partial charge on any atom is 0.152 e. The van der Waals surface area contributed by atoms with E-state index in [0.29, 0.717) is 5.82 Å². The maximum atomic E-state index is 6.23. The second-order valence-corrected chi connectivity index (χ2v) is 7.17. The van der Waals surface area contributed by atoms with E-state index in [4.69, 9.17) is 11.5 Å². The van der Waals surface area contributed by atoms with Crippen molar-refractivity contribution in [2.24, 2.45) is 5.73 Å². The van der Waals surface area contributed by atoms with Crippen molar-refractivity contribution >= 4 is 22.4 Å². The lowest BCUT2D eigenvalue weighted by molar-refractivity contribution is 0.363. The number of anilines is 2. The Kier molecular flexibility index (Phi) is 3.81. The van der Waals surface area contributed by atoms with E-state index in [1.165, 1.54) is 10.8 Å². The highest BCUT2D eigenvalue weighted by molar-refractivity contribution is 5.88. The number of aromatic nitrogens is 2. The molecule has 0 amide bonds. The summed E-state index contributed by atoms with van der Waals surface area (Å²) in [6, 6.07) is 14.5. The Morgan fingerprint density at radius 2 is 1.76 bits per heavy atom. The fourth-order valence-electron chi connectivity index (χ4n) is 3.35. The van der Waals surface area contributed by atoms with Gasteiger partial charge in [-0.05, 0) is 36.6 Å². The third kappa shape index (κ3) is 3.15. The Bertz CT molecular complexity index is 909. The summed E-state index contributed by atoms with van der Waals surface area (Å²) in [7, 11) is 0. The van der Waals surface area contributed by atoms with E-state index in [9.17, 15) is 0 Å². The molecule has 4 N–H and O–H groups in total. The Morgan fingerprint density at radius 3 is 2.48 bits per heavy atom. The van der Waals surface area contributed by atoms with E-state index in [-0.39, 0.29) is 5.54 Å². The fourth-order valence-corrected chi connectivity index (χ4v) is 3.35. The number of hydrogen-bond acceptors (Lipinski definition) is 5. The molecule has 0 atom stereocenters. The number of fused-ring (bicyclic) bond motifs is 1. The summed E-state index contributed by atoms with van der Waals surface area (Å²) in [5.74, 6) is 1.30. The van der Waals surface area contributed by atoms with Gasteiger partial charge in [0.15, 0.2) is 5.82 Å². The summed E-state index contributed by atoms with van der Waals surface area (Å²) in [5.41, 5.74) is 14.1. The van der Waals surface area contributed by atoms with Crippen molar-refractivity contribution in [3.05, 3.63) is 48.7 Å². The molecule has 0 saturated carbocycles. The predicted molar refractivity (Wildman–Crippen MR) is 103 cm³/mol. The molecule has 5 heteroatoms. The first kappa shape index (κ1) is 15.8. The van der Waals surface area contributed by atoms with Crippen molar-refractivity contribution in [1.29, 1.82) is 0 Å². The number of nitrogens with two attached hydrogens (primary N) is 2. The molecule has 128 valence electrons. The lowest BCUT2D eigenvalue weighted by atomic mass is 9.91. The van der Waals surface area contributed by atoms with Gasteiger partial charge in [0, 0.05) is 24.2 Å². The molecular formula is C20H23N5. The Morgan fingerprint density at radius 1 is 1.04 bits per heavy atom. The molecule has 3 aromatic rings. The quantitative estimate of drug-likeness (QED) is 0.753. The van der Waals surface area contributed by atoms with E-state index in [1.54, 1.807) is 0 Å². The molecule has 1 fully saturated rings. The van der Waals surface area contributed by atoms with Crippen molar-refractivity contribution in [2.75, 3.05) is 23.7 Å². The molecule has 0 radical (unpaired) electrons. The van der Waals surface area contributed by atoms with Crippen LogP contribution in [0.5, 0.6) is 0 Å². The van der Waals surface area contributed by atoms with Gasteiger partial charge in [0.25, 0.3) is 0 Å². The second kappa shape index (κ2) is 6.01. The average Bonchev–Trinajstić information content (AvgIpc) is 2.61. The first-order chi connectivity index (χ1) is 12.0. The van der Waals surface area contributed by atoms with Crippen LogP contribution < -0.4 is 16.4 Å². The van der Waals surface area contributed by atoms with Crippen LogP contribution in [0.3, 0.4) is 0 Å². The standard InChI is InChI=1S/C20H23N5/c1-20(22)8-10-25(11-9-20)17-13-23-18(19(21)24-17)16-7-6-14-4-2-3-5-15(14)12-16/h2-7,12-13H,8-11,22H2,1H3,(H2,21,24). The maximum absolute atomic E-state index is 6.23. The Labute approximate surface area is 147 Å². The molecule has 5 nitrogen and oxygen atoms in total. The van der Waals surface area contributed by atoms with Crippen LogP contribution in [0.4, 0.5) is 11.6 Å². The van der Waals surface area contributed by atoms with Crippen molar-refractivity contribution in [2.45, 2.75) is 25.3 Å². The zero-order chi connectivity index (χ0) is 17.4. The van der Waals surface area contributed by atoms with Crippen LogP contribution in [0.2, 0.25) is 0 Å². The highest BCUT2D eigenvalue weighted by atomic mass is 15.2. The first-order valence-corrected chi connectivity index (χ1v) is 8.67. The van der Waals surface area contributed by atoms with E-state index >= 15 is 0 Å². The number of nitrogens with zero attached hydrogens (tertiary/aromatic N) is 3. The van der Waals surface area contributed by atoms with E-state index in [2.05, 4.69) is 46.1 Å². The molecule has 2 heterocycles. The van der Waals surface area contributed by atoms with Gasteiger partial charge in [-0.2, -0.15) is 0 Å². The van der Waals surface area contributed by atoms with Crippen LogP contribution in [-0.2, 0) is 0 Å². The van der Waals surface area contributed by atoms with Gasteiger partial charge in [-0.25, -0.2) is 9.97 Å². The minimum atomic E-state index is -0.0828. The van der Waals surface area contributed by atoms with E-state index in [1.807, 2.05) is 24.4 Å². The van der Waals surface area contributed by atoms with Gasteiger partial charge in [0.1, 0.15) is 11.5 Å². The summed E-state index contributed by atoms with van der Waals surface area (Å²) in [5, 5.41) is 2.37. The first-order valence-electron chi connectivity index (χ1n) is 8.67. The molecule has 0 bridgehead atoms. The smallest absolute Gasteiger partial charge is 0.152 e. The SMILES string of the molecule is CC1(N)CCN(c2cnc(-c3ccc4ccccc4c3)c(N)n2)CC1. The average molecular weight is 333 g/mol. The largest absolute Gasteiger partial charge is 0.382 e. The van der Waals surface area contributed by atoms with E-state index in [0.717, 1.165) is 43.0 Å². The molecular weight excluding hydrogens is 310 g/mol. The predicted octanol–water partition coefficient (Wildman–Crippen LogP) is 3.20. The molecule has 0 unspecified atom stereocenters. The van der Waals surface area contributed by atoms with Gasteiger partial charge in [-0.1, -0.05) is 36.4 Å². The van der Waals surface area contributed by atoms with Crippen LogP contribution in [0.1, 0.15) is 19.8 Å². The normalized spacial score (nSPS) is 17.0. The summed E-state index contributed by atoms with van der Waals surface area (Å²) in [6.07, 6.45) is 3.71. The van der Waals surface area contributed by atoms with Crippen molar-refractivity contribution < 1.29 is 0 Å². The number of rotatable bonds is 2. The molecule has 4 rings (SSSR count). The highest BCUT2D eigenvalue weighted by Crippen LogP contribution is 2.29. The third-order valence-corrected chi connectivity index (χ3v) is 5.04. The lowest BCUT2D eigenvalue weighted by Gasteiger charge is -2.37. The monoisotopic (exact) mass is 333 g/mol. The molecule has 2 aromatic carbocycles. The minimum absolute atomic E-state index is 0.0828. The molecule has 0 spiro atoms. The van der Waals surface area contributed by atoms with Crippen LogP contribution >= 0.6 is 0 Å². The van der Waals surface area contributed by atoms with Gasteiger partial charge in [-0.3, -0.25) is 0 Å². The van der Waals surface area contributed by atoms with E-state index < -0.39 is 0 Å². The number of nitrogen functional groups attached to an aromatic ring is 1. The topological polar surface area (TPSA) is 81.1 Å². The number of hydrogen-bond donors (Lipinski definition) is 2. The van der Waals surface area contributed by atoms with Crippen LogP contribution in [0.25, 0.3) is 22.0 Å².